The van der Waals surface area contributed by atoms with Crippen molar-refractivity contribution in [2.45, 2.75) is 46.6 Å². The molecule has 0 radical (unpaired) electrons. The molecule has 0 spiro atoms. The Morgan fingerprint density at radius 2 is 1.71 bits per heavy atom. The molecule has 2 rings (SSSR count). The fourth-order valence-electron chi connectivity index (χ4n) is 2.79. The summed E-state index contributed by atoms with van der Waals surface area (Å²) in [5, 5.41) is 3.75. The van der Waals surface area contributed by atoms with Crippen molar-refractivity contribution in [1.29, 1.82) is 0 Å². The molecule has 0 aliphatic carbocycles. The van der Waals surface area contributed by atoms with Crippen LogP contribution in [0.2, 0.25) is 0 Å². The minimum atomic E-state index is 0.509. The average Bonchev–Trinajstić information content (AvgIpc) is 2.91. The number of nitrogens with zero attached hydrogens (tertiary/aromatic N) is 2. The lowest BCUT2D eigenvalue weighted by molar-refractivity contribution is 0.442. The maximum absolute atomic E-state index is 4.15. The van der Waals surface area contributed by atoms with Gasteiger partial charge in [-0.1, -0.05) is 39.8 Å². The van der Waals surface area contributed by atoms with Gasteiger partial charge in [-0.2, -0.15) is 0 Å². The number of hydrogen-bond acceptors (Lipinski definition) is 2. The summed E-state index contributed by atoms with van der Waals surface area (Å²) in [5.41, 5.74) is 2.34. The molecule has 21 heavy (non-hydrogen) atoms. The van der Waals surface area contributed by atoms with E-state index in [1.54, 1.807) is 0 Å². The highest BCUT2D eigenvalue weighted by Crippen LogP contribution is 2.24. The third-order valence-corrected chi connectivity index (χ3v) is 3.56. The highest BCUT2D eigenvalue weighted by Gasteiger charge is 2.14. The number of aromatic nitrogens is 2. The zero-order chi connectivity index (χ0) is 15.2. The first-order valence-corrected chi connectivity index (χ1v) is 7.90. The van der Waals surface area contributed by atoms with E-state index >= 15 is 0 Å². The van der Waals surface area contributed by atoms with Gasteiger partial charge in [0.15, 0.2) is 0 Å². The minimum Gasteiger partial charge on any atom is -0.381 e. The maximum atomic E-state index is 4.15. The molecule has 0 saturated heterocycles. The number of rotatable bonds is 7. The lowest BCUT2D eigenvalue weighted by Crippen LogP contribution is -2.24. The molecule has 114 valence electrons. The number of nitrogens with one attached hydrogen (secondary N) is 1. The first-order chi connectivity index (χ1) is 10.1. The highest BCUT2D eigenvalue weighted by atomic mass is 15.1. The van der Waals surface area contributed by atoms with E-state index in [1.165, 1.54) is 18.5 Å². The summed E-state index contributed by atoms with van der Waals surface area (Å²) in [6.45, 7) is 9.15. The Balaban J connectivity index is 2.20. The van der Waals surface area contributed by atoms with Gasteiger partial charge in [0, 0.05) is 18.4 Å². The van der Waals surface area contributed by atoms with Crippen molar-refractivity contribution in [2.75, 3.05) is 5.32 Å². The molecule has 1 heterocycles. The summed E-state index contributed by atoms with van der Waals surface area (Å²) in [4.78, 5) is 4.15. The molecule has 0 aliphatic heterocycles. The molecule has 2 aromatic rings. The molecular weight excluding hydrogens is 258 g/mol. The molecule has 0 unspecified atom stereocenters. The second-order valence-corrected chi connectivity index (χ2v) is 6.59. The van der Waals surface area contributed by atoms with Crippen molar-refractivity contribution in [3.05, 3.63) is 43.0 Å². The van der Waals surface area contributed by atoms with Gasteiger partial charge in [-0.05, 0) is 36.8 Å². The smallest absolute Gasteiger partial charge is 0.0992 e. The number of imidazole rings is 1. The highest BCUT2D eigenvalue weighted by molar-refractivity contribution is 5.61. The van der Waals surface area contributed by atoms with Crippen LogP contribution in [0.25, 0.3) is 5.69 Å². The van der Waals surface area contributed by atoms with Crippen molar-refractivity contribution in [3.8, 4) is 5.69 Å². The molecule has 0 aliphatic rings. The average molecular weight is 285 g/mol. The van der Waals surface area contributed by atoms with E-state index < -0.39 is 0 Å². The largest absolute Gasteiger partial charge is 0.381 e. The lowest BCUT2D eigenvalue weighted by Gasteiger charge is -2.25. The van der Waals surface area contributed by atoms with Gasteiger partial charge in [0.1, 0.15) is 0 Å². The first-order valence-electron chi connectivity index (χ1n) is 7.90. The van der Waals surface area contributed by atoms with Crippen LogP contribution in [0.1, 0.15) is 40.5 Å². The molecule has 1 aromatic heterocycles. The van der Waals surface area contributed by atoms with Gasteiger partial charge in [0.2, 0.25) is 0 Å². The van der Waals surface area contributed by atoms with Gasteiger partial charge in [0.25, 0.3) is 0 Å². The van der Waals surface area contributed by atoms with Gasteiger partial charge in [-0.3, -0.25) is 0 Å². The molecule has 0 saturated carbocycles. The fourth-order valence-corrected chi connectivity index (χ4v) is 2.79. The Morgan fingerprint density at radius 3 is 2.29 bits per heavy atom. The van der Waals surface area contributed by atoms with Crippen LogP contribution in [-0.2, 0) is 0 Å². The Morgan fingerprint density at radius 1 is 1.05 bits per heavy atom. The predicted octanol–water partition coefficient (Wildman–Crippen LogP) is 4.75. The quantitative estimate of drug-likeness (QED) is 0.796. The van der Waals surface area contributed by atoms with Crippen molar-refractivity contribution in [3.63, 3.8) is 0 Å². The van der Waals surface area contributed by atoms with Crippen LogP contribution < -0.4 is 5.32 Å². The summed E-state index contributed by atoms with van der Waals surface area (Å²) in [7, 11) is 0. The number of para-hydroxylation sites is 2. The van der Waals surface area contributed by atoms with E-state index in [4.69, 9.17) is 0 Å². The molecule has 3 heteroatoms. The fraction of sp³-hybridized carbons (Fsp3) is 0.500. The van der Waals surface area contributed by atoms with Gasteiger partial charge in [-0.25, -0.2) is 4.98 Å². The van der Waals surface area contributed by atoms with E-state index in [-0.39, 0.29) is 0 Å². The zero-order valence-electron chi connectivity index (χ0n) is 13.6. The van der Waals surface area contributed by atoms with Crippen molar-refractivity contribution < 1.29 is 0 Å². The summed E-state index contributed by atoms with van der Waals surface area (Å²) in [5.74, 6) is 1.39. The van der Waals surface area contributed by atoms with E-state index in [0.717, 1.165) is 5.69 Å². The third kappa shape index (κ3) is 4.62. The molecule has 3 nitrogen and oxygen atoms in total. The predicted molar refractivity (Wildman–Crippen MR) is 89.9 cm³/mol. The lowest BCUT2D eigenvalue weighted by atomic mass is 9.95. The van der Waals surface area contributed by atoms with Gasteiger partial charge in [0.05, 0.1) is 17.7 Å². The monoisotopic (exact) mass is 285 g/mol. The maximum Gasteiger partial charge on any atom is 0.0992 e. The molecular formula is C18H27N3. The molecule has 0 atom stereocenters. The Hall–Kier alpha value is -1.77. The Kier molecular flexibility index (Phi) is 5.43. The van der Waals surface area contributed by atoms with Crippen LogP contribution in [0.5, 0.6) is 0 Å². The SMILES string of the molecule is CC(C)CC(CC(C)C)Nc1ccccc1-n1ccnc1. The van der Waals surface area contributed by atoms with E-state index in [2.05, 4.69) is 66.8 Å². The third-order valence-electron chi connectivity index (χ3n) is 3.56. The number of benzene rings is 1. The van der Waals surface area contributed by atoms with Crippen molar-refractivity contribution in [1.82, 2.24) is 9.55 Å². The first kappa shape index (κ1) is 15.6. The standard InChI is InChI=1S/C18H27N3/c1-14(2)11-16(12-15(3)4)20-17-7-5-6-8-18(17)21-10-9-19-13-21/h5-10,13-16,20H,11-12H2,1-4H3. The van der Waals surface area contributed by atoms with Crippen LogP contribution in [0.15, 0.2) is 43.0 Å². The summed E-state index contributed by atoms with van der Waals surface area (Å²) in [6, 6.07) is 8.95. The number of hydrogen-bond donors (Lipinski definition) is 1. The van der Waals surface area contributed by atoms with E-state index in [9.17, 15) is 0 Å². The normalized spacial score (nSPS) is 11.6. The second kappa shape index (κ2) is 7.30. The molecule has 0 bridgehead atoms. The molecule has 0 fully saturated rings. The van der Waals surface area contributed by atoms with Crippen LogP contribution in [0, 0.1) is 11.8 Å². The zero-order valence-corrected chi connectivity index (χ0v) is 13.6. The summed E-state index contributed by atoms with van der Waals surface area (Å²) in [6.07, 6.45) is 8.03. The minimum absolute atomic E-state index is 0.509. The van der Waals surface area contributed by atoms with Gasteiger partial charge in [-0.15, -0.1) is 0 Å². The van der Waals surface area contributed by atoms with Gasteiger partial charge >= 0.3 is 0 Å². The van der Waals surface area contributed by atoms with E-state index in [1.807, 2.05) is 18.7 Å². The van der Waals surface area contributed by atoms with Crippen molar-refractivity contribution >= 4 is 5.69 Å². The van der Waals surface area contributed by atoms with Gasteiger partial charge < -0.3 is 9.88 Å². The number of anilines is 1. The van der Waals surface area contributed by atoms with Crippen LogP contribution in [0.3, 0.4) is 0 Å². The summed E-state index contributed by atoms with van der Waals surface area (Å²) < 4.78 is 2.06. The van der Waals surface area contributed by atoms with Crippen LogP contribution in [0.4, 0.5) is 5.69 Å². The van der Waals surface area contributed by atoms with E-state index in [0.29, 0.717) is 17.9 Å². The van der Waals surface area contributed by atoms with Crippen LogP contribution >= 0.6 is 0 Å². The molecule has 1 aromatic carbocycles. The molecule has 1 N–H and O–H groups in total. The molecule has 0 amide bonds. The van der Waals surface area contributed by atoms with Crippen LogP contribution in [-0.4, -0.2) is 15.6 Å². The Bertz CT molecular complexity index is 519. The summed E-state index contributed by atoms with van der Waals surface area (Å²) >= 11 is 0. The van der Waals surface area contributed by atoms with Crippen molar-refractivity contribution in [2.24, 2.45) is 11.8 Å². The second-order valence-electron chi connectivity index (χ2n) is 6.59. The topological polar surface area (TPSA) is 29.9 Å². The Labute approximate surface area is 128 Å².